The van der Waals surface area contributed by atoms with E-state index in [1.165, 1.54) is 0 Å². The van der Waals surface area contributed by atoms with E-state index in [0.29, 0.717) is 5.82 Å². The standard InChI is InChI=1S/C13H17BrN4/c1-4-18-11(12(14)9(3)17-18)7-10-8(2)5-6-16-13(10)15/h5-6H,4,7H2,1-3H3,(H2,15,16). The lowest BCUT2D eigenvalue weighted by atomic mass is 10.1. The molecule has 0 aliphatic heterocycles. The van der Waals surface area contributed by atoms with Gasteiger partial charge in [0, 0.05) is 24.7 Å². The van der Waals surface area contributed by atoms with Crippen molar-refractivity contribution in [3.05, 3.63) is 39.3 Å². The van der Waals surface area contributed by atoms with Gasteiger partial charge in [0.2, 0.25) is 0 Å². The maximum atomic E-state index is 5.96. The monoisotopic (exact) mass is 308 g/mol. The van der Waals surface area contributed by atoms with Crippen LogP contribution in [-0.4, -0.2) is 14.8 Å². The van der Waals surface area contributed by atoms with Gasteiger partial charge in [-0.05, 0) is 48.3 Å². The Morgan fingerprint density at radius 3 is 2.72 bits per heavy atom. The van der Waals surface area contributed by atoms with Crippen molar-refractivity contribution >= 4 is 21.7 Å². The largest absolute Gasteiger partial charge is 0.383 e. The molecule has 0 saturated heterocycles. The fourth-order valence-corrected chi connectivity index (χ4v) is 2.47. The summed E-state index contributed by atoms with van der Waals surface area (Å²) in [7, 11) is 0. The smallest absolute Gasteiger partial charge is 0.127 e. The Kier molecular flexibility index (Phi) is 3.71. The molecule has 2 N–H and O–H groups in total. The molecule has 2 aromatic rings. The Morgan fingerprint density at radius 1 is 1.39 bits per heavy atom. The summed E-state index contributed by atoms with van der Waals surface area (Å²) in [5, 5.41) is 4.49. The zero-order valence-corrected chi connectivity index (χ0v) is 12.5. The quantitative estimate of drug-likeness (QED) is 0.948. The number of anilines is 1. The number of hydrogen-bond donors (Lipinski definition) is 1. The van der Waals surface area contributed by atoms with Gasteiger partial charge in [0.25, 0.3) is 0 Å². The highest BCUT2D eigenvalue weighted by atomic mass is 79.9. The minimum Gasteiger partial charge on any atom is -0.383 e. The summed E-state index contributed by atoms with van der Waals surface area (Å²) in [4.78, 5) is 4.16. The molecule has 0 radical (unpaired) electrons. The van der Waals surface area contributed by atoms with Crippen LogP contribution in [0.4, 0.5) is 5.82 Å². The normalized spacial score (nSPS) is 10.9. The summed E-state index contributed by atoms with van der Waals surface area (Å²) in [5.41, 5.74) is 10.4. The van der Waals surface area contributed by atoms with Crippen LogP contribution < -0.4 is 5.73 Å². The minimum atomic E-state index is 0.600. The molecule has 0 aliphatic carbocycles. The molecule has 0 amide bonds. The van der Waals surface area contributed by atoms with Crippen molar-refractivity contribution in [2.24, 2.45) is 0 Å². The van der Waals surface area contributed by atoms with E-state index in [2.05, 4.69) is 39.9 Å². The maximum Gasteiger partial charge on any atom is 0.127 e. The fourth-order valence-electron chi connectivity index (χ4n) is 2.05. The summed E-state index contributed by atoms with van der Waals surface area (Å²) in [6.07, 6.45) is 2.49. The zero-order valence-electron chi connectivity index (χ0n) is 10.9. The predicted octanol–water partition coefficient (Wildman–Crippen LogP) is 2.85. The Balaban J connectivity index is 2.46. The van der Waals surface area contributed by atoms with Gasteiger partial charge < -0.3 is 5.73 Å². The highest BCUT2D eigenvalue weighted by Crippen LogP contribution is 2.26. The predicted molar refractivity (Wildman–Crippen MR) is 76.5 cm³/mol. The van der Waals surface area contributed by atoms with E-state index in [1.807, 2.05) is 17.7 Å². The van der Waals surface area contributed by atoms with Gasteiger partial charge in [-0.15, -0.1) is 0 Å². The van der Waals surface area contributed by atoms with Gasteiger partial charge in [0.15, 0.2) is 0 Å². The molecule has 2 heterocycles. The van der Waals surface area contributed by atoms with E-state index in [1.54, 1.807) is 6.20 Å². The Bertz CT molecular complexity index is 554. The number of aromatic nitrogens is 3. The molecule has 5 heteroatoms. The molecule has 0 fully saturated rings. The summed E-state index contributed by atoms with van der Waals surface area (Å²) in [6, 6.07) is 1.99. The molecule has 0 aromatic carbocycles. The van der Waals surface area contributed by atoms with Gasteiger partial charge in [-0.25, -0.2) is 4.98 Å². The average molecular weight is 309 g/mol. The van der Waals surface area contributed by atoms with Crippen LogP contribution in [0.1, 0.15) is 29.4 Å². The zero-order chi connectivity index (χ0) is 13.3. The fraction of sp³-hybridized carbons (Fsp3) is 0.385. The molecule has 0 bridgehead atoms. The number of hydrogen-bond acceptors (Lipinski definition) is 3. The first-order chi connectivity index (χ1) is 8.54. The van der Waals surface area contributed by atoms with Crippen LogP contribution in [0.15, 0.2) is 16.7 Å². The molecule has 2 aromatic heterocycles. The average Bonchev–Trinajstić information content (AvgIpc) is 2.61. The number of nitrogens with zero attached hydrogens (tertiary/aromatic N) is 3. The molecule has 18 heavy (non-hydrogen) atoms. The topological polar surface area (TPSA) is 56.7 Å². The molecule has 0 spiro atoms. The molecule has 0 aliphatic rings. The van der Waals surface area contributed by atoms with E-state index in [0.717, 1.165) is 40.0 Å². The summed E-state index contributed by atoms with van der Waals surface area (Å²) < 4.78 is 3.07. The van der Waals surface area contributed by atoms with E-state index in [9.17, 15) is 0 Å². The molecular formula is C13H17BrN4. The second kappa shape index (κ2) is 5.10. The van der Waals surface area contributed by atoms with E-state index >= 15 is 0 Å². The van der Waals surface area contributed by atoms with Crippen molar-refractivity contribution in [3.63, 3.8) is 0 Å². The van der Waals surface area contributed by atoms with Gasteiger partial charge in [-0.1, -0.05) is 0 Å². The molecular weight excluding hydrogens is 292 g/mol. The van der Waals surface area contributed by atoms with Crippen LogP contribution in [0.2, 0.25) is 0 Å². The second-order valence-electron chi connectivity index (χ2n) is 4.33. The summed E-state index contributed by atoms with van der Waals surface area (Å²) in [6.45, 7) is 6.99. The Labute approximate surface area is 115 Å². The molecule has 0 atom stereocenters. The lowest BCUT2D eigenvalue weighted by Gasteiger charge is -2.10. The number of pyridine rings is 1. The summed E-state index contributed by atoms with van der Waals surface area (Å²) >= 11 is 3.60. The number of rotatable bonds is 3. The van der Waals surface area contributed by atoms with Crippen molar-refractivity contribution in [2.75, 3.05) is 5.73 Å². The SMILES string of the molecule is CCn1nc(C)c(Br)c1Cc1c(C)ccnc1N. The third-order valence-corrected chi connectivity index (χ3v) is 4.15. The van der Waals surface area contributed by atoms with Crippen molar-refractivity contribution in [2.45, 2.75) is 33.7 Å². The summed E-state index contributed by atoms with van der Waals surface area (Å²) in [5.74, 6) is 0.600. The Morgan fingerprint density at radius 2 is 2.11 bits per heavy atom. The number of aryl methyl sites for hydroxylation is 3. The van der Waals surface area contributed by atoms with E-state index in [-0.39, 0.29) is 0 Å². The lowest BCUT2D eigenvalue weighted by molar-refractivity contribution is 0.624. The van der Waals surface area contributed by atoms with Crippen LogP contribution in [0.25, 0.3) is 0 Å². The third kappa shape index (κ3) is 2.27. The van der Waals surface area contributed by atoms with Gasteiger partial charge in [0.05, 0.1) is 15.9 Å². The molecule has 4 nitrogen and oxygen atoms in total. The van der Waals surface area contributed by atoms with E-state index in [4.69, 9.17) is 5.73 Å². The highest BCUT2D eigenvalue weighted by Gasteiger charge is 2.15. The highest BCUT2D eigenvalue weighted by molar-refractivity contribution is 9.10. The van der Waals surface area contributed by atoms with Crippen LogP contribution in [0.5, 0.6) is 0 Å². The van der Waals surface area contributed by atoms with Crippen molar-refractivity contribution < 1.29 is 0 Å². The van der Waals surface area contributed by atoms with Gasteiger partial charge in [0.1, 0.15) is 5.82 Å². The first kappa shape index (κ1) is 13.1. The van der Waals surface area contributed by atoms with Crippen LogP contribution >= 0.6 is 15.9 Å². The van der Waals surface area contributed by atoms with Crippen LogP contribution in [-0.2, 0) is 13.0 Å². The third-order valence-electron chi connectivity index (χ3n) is 3.12. The lowest BCUT2D eigenvalue weighted by Crippen LogP contribution is -2.07. The number of nitrogen functional groups attached to an aromatic ring is 1. The second-order valence-corrected chi connectivity index (χ2v) is 5.12. The Hall–Kier alpha value is -1.36. The molecule has 96 valence electrons. The molecule has 2 rings (SSSR count). The van der Waals surface area contributed by atoms with Crippen molar-refractivity contribution in [1.29, 1.82) is 0 Å². The van der Waals surface area contributed by atoms with E-state index < -0.39 is 0 Å². The first-order valence-corrected chi connectivity index (χ1v) is 6.75. The maximum absolute atomic E-state index is 5.96. The van der Waals surface area contributed by atoms with Crippen molar-refractivity contribution in [3.8, 4) is 0 Å². The van der Waals surface area contributed by atoms with Crippen LogP contribution in [0.3, 0.4) is 0 Å². The first-order valence-electron chi connectivity index (χ1n) is 5.96. The van der Waals surface area contributed by atoms with Crippen molar-refractivity contribution in [1.82, 2.24) is 14.8 Å². The molecule has 0 unspecified atom stereocenters. The van der Waals surface area contributed by atoms with Gasteiger partial charge in [-0.3, -0.25) is 4.68 Å². The van der Waals surface area contributed by atoms with Crippen LogP contribution in [0, 0.1) is 13.8 Å². The van der Waals surface area contributed by atoms with Gasteiger partial charge >= 0.3 is 0 Å². The number of halogens is 1. The number of nitrogens with two attached hydrogens (primary N) is 1. The molecule has 0 saturated carbocycles. The van der Waals surface area contributed by atoms with Gasteiger partial charge in [-0.2, -0.15) is 5.10 Å². The minimum absolute atomic E-state index is 0.600.